The van der Waals surface area contributed by atoms with Gasteiger partial charge in [0, 0.05) is 22.2 Å². The zero-order valence-corrected chi connectivity index (χ0v) is 14.8. The van der Waals surface area contributed by atoms with Gasteiger partial charge in [0.05, 0.1) is 11.8 Å². The molecule has 5 nitrogen and oxygen atoms in total. The highest BCUT2D eigenvalue weighted by Gasteiger charge is 2.23. The number of carbonyl (C=O) groups excluding carboxylic acids is 1. The first-order chi connectivity index (χ1) is 12.0. The van der Waals surface area contributed by atoms with Crippen molar-refractivity contribution in [3.05, 3.63) is 52.5 Å². The molecule has 1 aliphatic heterocycles. The number of fused-ring (bicyclic) bond motifs is 1. The van der Waals surface area contributed by atoms with Crippen molar-refractivity contribution in [3.8, 4) is 11.5 Å². The Morgan fingerprint density at radius 3 is 2.32 bits per heavy atom. The number of anilines is 1. The summed E-state index contributed by atoms with van der Waals surface area (Å²) in [5.74, 6) is 0.821. The number of amides is 1. The van der Waals surface area contributed by atoms with E-state index in [1.165, 1.54) is 0 Å². The van der Waals surface area contributed by atoms with Gasteiger partial charge in [-0.05, 0) is 36.2 Å². The minimum absolute atomic E-state index is 0.0197. The Hall–Kier alpha value is -2.24. The van der Waals surface area contributed by atoms with Crippen LogP contribution in [0.25, 0.3) is 0 Å². The van der Waals surface area contributed by atoms with Gasteiger partial charge in [0.15, 0.2) is 11.5 Å². The molecule has 0 saturated heterocycles. The highest BCUT2D eigenvalue weighted by molar-refractivity contribution is 6.30. The highest BCUT2D eigenvalue weighted by atomic mass is 35.5. The van der Waals surface area contributed by atoms with Gasteiger partial charge < -0.3 is 19.9 Å². The van der Waals surface area contributed by atoms with Gasteiger partial charge in [-0.3, -0.25) is 4.79 Å². The molecule has 132 valence electrons. The van der Waals surface area contributed by atoms with Crippen LogP contribution in [-0.4, -0.2) is 24.2 Å². The smallest absolute Gasteiger partial charge is 0.255 e. The van der Waals surface area contributed by atoms with Crippen LogP contribution in [0.1, 0.15) is 35.9 Å². The molecular formula is C19H20ClNO4. The average Bonchev–Trinajstić information content (AvgIpc) is 2.61. The molecule has 0 spiro atoms. The monoisotopic (exact) mass is 361 g/mol. The molecule has 0 aliphatic carbocycles. The molecule has 2 N–H and O–H groups in total. The summed E-state index contributed by atoms with van der Waals surface area (Å²) in [4.78, 5) is 12.5. The van der Waals surface area contributed by atoms with Gasteiger partial charge in [0.1, 0.15) is 13.2 Å². The molecular weight excluding hydrogens is 342 g/mol. The summed E-state index contributed by atoms with van der Waals surface area (Å²) in [5, 5.41) is 14.0. The Kier molecular flexibility index (Phi) is 5.16. The molecule has 0 saturated carbocycles. The normalized spacial score (nSPS) is 14.3. The van der Waals surface area contributed by atoms with Crippen LogP contribution in [0.3, 0.4) is 0 Å². The topological polar surface area (TPSA) is 67.8 Å². The van der Waals surface area contributed by atoms with Crippen molar-refractivity contribution in [3.63, 3.8) is 0 Å². The van der Waals surface area contributed by atoms with Crippen LogP contribution in [0.5, 0.6) is 11.5 Å². The third-order valence-electron chi connectivity index (χ3n) is 4.02. The van der Waals surface area contributed by atoms with Gasteiger partial charge in [-0.25, -0.2) is 0 Å². The molecule has 1 amide bonds. The molecule has 1 atom stereocenters. The summed E-state index contributed by atoms with van der Waals surface area (Å²) in [5.41, 5.74) is 1.58. The number of carbonyl (C=O) groups is 1. The van der Waals surface area contributed by atoms with E-state index in [-0.39, 0.29) is 11.8 Å². The van der Waals surface area contributed by atoms with Crippen molar-refractivity contribution in [2.45, 2.75) is 20.0 Å². The summed E-state index contributed by atoms with van der Waals surface area (Å²) in [6.45, 7) is 4.73. The Balaban J connectivity index is 1.95. The van der Waals surface area contributed by atoms with Crippen LogP contribution in [-0.2, 0) is 0 Å². The van der Waals surface area contributed by atoms with Crippen LogP contribution in [0.4, 0.5) is 5.69 Å². The van der Waals surface area contributed by atoms with Crippen molar-refractivity contribution in [2.75, 3.05) is 18.5 Å². The fourth-order valence-corrected chi connectivity index (χ4v) is 2.74. The Bertz CT molecular complexity index is 774. The number of halogens is 1. The predicted molar refractivity (Wildman–Crippen MR) is 96.6 cm³/mol. The summed E-state index contributed by atoms with van der Waals surface area (Å²) >= 11 is 5.86. The first-order valence-electron chi connectivity index (χ1n) is 8.14. The molecule has 2 aromatic rings. The van der Waals surface area contributed by atoms with E-state index in [0.717, 1.165) is 0 Å². The Morgan fingerprint density at radius 1 is 1.12 bits per heavy atom. The molecule has 1 heterocycles. The second kappa shape index (κ2) is 7.33. The molecule has 2 aromatic carbocycles. The third-order valence-corrected chi connectivity index (χ3v) is 4.27. The van der Waals surface area contributed by atoms with E-state index in [2.05, 4.69) is 5.32 Å². The summed E-state index contributed by atoms with van der Waals surface area (Å²) in [6.07, 6.45) is -0.739. The molecule has 0 fully saturated rings. The van der Waals surface area contributed by atoms with E-state index < -0.39 is 6.10 Å². The SMILES string of the molecule is CC(C)C(O)c1cc2c(cc1NC(=O)c1ccc(Cl)cc1)OCCO2. The van der Waals surface area contributed by atoms with Crippen molar-refractivity contribution in [2.24, 2.45) is 5.92 Å². The minimum atomic E-state index is -0.739. The zero-order valence-electron chi connectivity index (χ0n) is 14.1. The van der Waals surface area contributed by atoms with Gasteiger partial charge in [0.2, 0.25) is 0 Å². The van der Waals surface area contributed by atoms with Gasteiger partial charge in [-0.2, -0.15) is 0 Å². The molecule has 3 rings (SSSR count). The highest BCUT2D eigenvalue weighted by Crippen LogP contribution is 2.39. The van der Waals surface area contributed by atoms with E-state index >= 15 is 0 Å². The van der Waals surface area contributed by atoms with E-state index in [1.54, 1.807) is 36.4 Å². The van der Waals surface area contributed by atoms with Crippen LogP contribution >= 0.6 is 11.6 Å². The quantitative estimate of drug-likeness (QED) is 0.862. The lowest BCUT2D eigenvalue weighted by molar-refractivity contribution is 0.102. The molecule has 1 aliphatic rings. The zero-order chi connectivity index (χ0) is 18.0. The largest absolute Gasteiger partial charge is 0.486 e. The maximum absolute atomic E-state index is 12.5. The Morgan fingerprint density at radius 2 is 1.72 bits per heavy atom. The summed E-state index contributed by atoms with van der Waals surface area (Å²) in [6, 6.07) is 10.0. The van der Waals surface area contributed by atoms with Gasteiger partial charge in [-0.1, -0.05) is 25.4 Å². The van der Waals surface area contributed by atoms with Crippen LogP contribution in [0.2, 0.25) is 5.02 Å². The number of aliphatic hydroxyl groups is 1. The number of nitrogens with one attached hydrogen (secondary N) is 1. The summed E-state index contributed by atoms with van der Waals surface area (Å²) in [7, 11) is 0. The number of hydrogen-bond donors (Lipinski definition) is 2. The maximum atomic E-state index is 12.5. The molecule has 0 bridgehead atoms. The van der Waals surface area contributed by atoms with E-state index in [0.29, 0.717) is 46.5 Å². The van der Waals surface area contributed by atoms with Crippen LogP contribution < -0.4 is 14.8 Å². The number of rotatable bonds is 4. The Labute approximate surface area is 151 Å². The summed E-state index contributed by atoms with van der Waals surface area (Å²) < 4.78 is 11.2. The molecule has 0 radical (unpaired) electrons. The second-order valence-corrected chi connectivity index (χ2v) is 6.67. The number of aliphatic hydroxyl groups excluding tert-OH is 1. The van der Waals surface area contributed by atoms with Crippen molar-refractivity contribution in [1.29, 1.82) is 0 Å². The van der Waals surface area contributed by atoms with Crippen LogP contribution in [0, 0.1) is 5.92 Å². The number of hydrogen-bond acceptors (Lipinski definition) is 4. The van der Waals surface area contributed by atoms with Gasteiger partial charge in [0.25, 0.3) is 5.91 Å². The fraction of sp³-hybridized carbons (Fsp3) is 0.316. The van der Waals surface area contributed by atoms with Gasteiger partial charge in [-0.15, -0.1) is 0 Å². The predicted octanol–water partition coefficient (Wildman–Crippen LogP) is 4.05. The lowest BCUT2D eigenvalue weighted by atomic mass is 9.96. The molecule has 0 aromatic heterocycles. The van der Waals surface area contributed by atoms with Gasteiger partial charge >= 0.3 is 0 Å². The molecule has 25 heavy (non-hydrogen) atoms. The van der Waals surface area contributed by atoms with Crippen molar-refractivity contribution < 1.29 is 19.4 Å². The lowest BCUT2D eigenvalue weighted by Crippen LogP contribution is -2.19. The first-order valence-corrected chi connectivity index (χ1v) is 8.52. The average molecular weight is 362 g/mol. The fourth-order valence-electron chi connectivity index (χ4n) is 2.61. The second-order valence-electron chi connectivity index (χ2n) is 6.23. The minimum Gasteiger partial charge on any atom is -0.486 e. The third kappa shape index (κ3) is 3.89. The lowest BCUT2D eigenvalue weighted by Gasteiger charge is -2.24. The first kappa shape index (κ1) is 17.6. The molecule has 6 heteroatoms. The van der Waals surface area contributed by atoms with Crippen molar-refractivity contribution in [1.82, 2.24) is 0 Å². The van der Waals surface area contributed by atoms with E-state index in [9.17, 15) is 9.90 Å². The number of benzene rings is 2. The number of ether oxygens (including phenoxy) is 2. The van der Waals surface area contributed by atoms with E-state index in [4.69, 9.17) is 21.1 Å². The van der Waals surface area contributed by atoms with Crippen molar-refractivity contribution >= 4 is 23.2 Å². The van der Waals surface area contributed by atoms with Crippen LogP contribution in [0.15, 0.2) is 36.4 Å². The standard InChI is InChI=1S/C19H20ClNO4/c1-11(2)18(22)14-9-16-17(25-8-7-24-16)10-15(14)21-19(23)12-3-5-13(20)6-4-12/h3-6,9-11,18,22H,7-8H2,1-2H3,(H,21,23). The maximum Gasteiger partial charge on any atom is 0.255 e. The molecule has 1 unspecified atom stereocenters. The van der Waals surface area contributed by atoms with E-state index in [1.807, 2.05) is 13.8 Å².